The van der Waals surface area contributed by atoms with Crippen molar-refractivity contribution in [1.82, 2.24) is 43.6 Å². The molecule has 0 radical (unpaired) electrons. The molecule has 3 aliphatic heterocycles. The summed E-state index contributed by atoms with van der Waals surface area (Å²) in [7, 11) is -6.15. The average molecular weight is 1740 g/mol. The van der Waals surface area contributed by atoms with E-state index in [0.717, 1.165) is 85.0 Å². The van der Waals surface area contributed by atoms with E-state index < -0.39 is 24.2 Å². The van der Waals surface area contributed by atoms with Crippen molar-refractivity contribution in [3.63, 3.8) is 0 Å². The van der Waals surface area contributed by atoms with E-state index >= 15 is 0 Å². The Morgan fingerprint density at radius 1 is 0.174 bits per heavy atom. The minimum absolute atomic E-state index is 0.783. The predicted molar refractivity (Wildman–Crippen MR) is 559 cm³/mol. The van der Waals surface area contributed by atoms with Crippen LogP contribution in [0.4, 0.5) is 0 Å². The second-order valence-corrected chi connectivity index (χ2v) is 49.2. The Bertz CT molecular complexity index is 8520. The summed E-state index contributed by atoms with van der Waals surface area (Å²) in [5.74, 6) is 2.36. The smallest absolute Gasteiger partial charge is 0.159 e. The maximum atomic E-state index is 5.45. The van der Waals surface area contributed by atoms with Gasteiger partial charge in [0.2, 0.25) is 0 Å². The van der Waals surface area contributed by atoms with Crippen LogP contribution in [0.15, 0.2) is 431 Å². The van der Waals surface area contributed by atoms with Gasteiger partial charge in [-0.3, -0.25) is 0 Å². The van der Waals surface area contributed by atoms with E-state index in [0.29, 0.717) is 0 Å². The van der Waals surface area contributed by atoms with E-state index in [1.54, 1.807) is 0 Å². The van der Waals surface area contributed by atoms with Crippen molar-refractivity contribution < 1.29 is 0 Å². The molecule has 0 amide bonds. The third kappa shape index (κ3) is 13.1. The number of nitrogens with zero attached hydrogens (tertiary/aromatic N) is 9. The van der Waals surface area contributed by atoms with Crippen molar-refractivity contribution in [3.05, 3.63) is 431 Å². The molecule has 12 heteroatoms. The molecule has 3 aliphatic rings. The minimum Gasteiger partial charge on any atom is -0.309 e. The highest BCUT2D eigenvalue weighted by Gasteiger charge is 2.45. The largest absolute Gasteiger partial charge is 0.309 e. The lowest BCUT2D eigenvalue weighted by molar-refractivity contribution is 1.18. The van der Waals surface area contributed by atoms with Crippen molar-refractivity contribution in [2.75, 3.05) is 0 Å². The molecule has 17 aromatic carbocycles. The Morgan fingerprint density at radius 2 is 0.417 bits per heavy atom. The van der Waals surface area contributed by atoms with Crippen molar-refractivity contribution in [2.45, 2.75) is 39.3 Å². The van der Waals surface area contributed by atoms with Gasteiger partial charge in [-0.2, -0.15) is 0 Å². The van der Waals surface area contributed by atoms with Crippen LogP contribution >= 0.6 is 0 Å². The standard InChI is InChI=1S/2C42H31N3Si.C36H27N3Si/c1-46(2)38-23-12-10-21-34(38)39-40(30-17-13-16-29(26-30)28-14-5-3-6-15-28)43-41(44-42(39)46)31-24-25-37-35(27-31)33-20-9-11-22-36(33)45(37)32-18-7-4-8-19-32;1-46(2)38-20-12-10-18-34(38)39-40(30-23-21-29(22-24-30)28-13-5-3-6-14-28)43-41(44-42(39)46)31-25-26-37-35(27-31)33-17-9-11-19-36(33)45(37)32-15-7-4-8-16-32;1-40(2)32-20-12-10-18-28(32)33-34(24-13-5-3-6-14-24)37-35(38-36(33)40)25-21-22-31-29(23-25)27-17-9-11-19-30(27)39(31)26-15-7-4-8-16-26/h2*3-27H,1-2H3;3-23H,1-2H3. The average Bonchev–Trinajstić information content (AvgIpc) is 1.55. The zero-order chi connectivity index (χ0) is 88.5. The normalized spacial score (nSPS) is 13.3. The fourth-order valence-electron chi connectivity index (χ4n) is 21.1. The molecule has 26 rings (SSSR count). The first-order valence-electron chi connectivity index (χ1n) is 45.5. The summed E-state index contributed by atoms with van der Waals surface area (Å²) in [6.45, 7) is 14.5. The first kappa shape index (κ1) is 79.4. The molecule has 9 nitrogen and oxygen atoms in total. The molecule has 0 spiro atoms. The Kier molecular flexibility index (Phi) is 19.1. The molecule has 0 fully saturated rings. The molecule has 0 aliphatic carbocycles. The number of hydrogen-bond donors (Lipinski definition) is 0. The van der Waals surface area contributed by atoms with E-state index in [9.17, 15) is 0 Å². The van der Waals surface area contributed by atoms with Gasteiger partial charge in [0.25, 0.3) is 0 Å². The van der Waals surface area contributed by atoms with Gasteiger partial charge in [0.1, 0.15) is 24.2 Å². The Morgan fingerprint density at radius 3 is 0.773 bits per heavy atom. The van der Waals surface area contributed by atoms with Gasteiger partial charge < -0.3 is 13.7 Å². The molecule has 626 valence electrons. The maximum absolute atomic E-state index is 5.45. The zero-order valence-corrected chi connectivity index (χ0v) is 77.0. The maximum Gasteiger partial charge on any atom is 0.159 e. The summed E-state index contributed by atoms with van der Waals surface area (Å²) < 4.78 is 7.05. The lowest BCUT2D eigenvalue weighted by atomic mass is 9.97. The van der Waals surface area contributed by atoms with Crippen LogP contribution in [0, 0.1) is 0 Å². The highest BCUT2D eigenvalue weighted by Crippen LogP contribution is 2.45. The summed E-state index contributed by atoms with van der Waals surface area (Å²) in [6.07, 6.45) is 0. The molecule has 132 heavy (non-hydrogen) atoms. The van der Waals surface area contributed by atoms with Crippen LogP contribution in [0.1, 0.15) is 0 Å². The van der Waals surface area contributed by atoms with E-state index in [1.165, 1.54) is 153 Å². The van der Waals surface area contributed by atoms with E-state index in [4.69, 9.17) is 29.9 Å². The first-order chi connectivity index (χ1) is 64.8. The number of benzene rings is 17. The van der Waals surface area contributed by atoms with Crippen molar-refractivity contribution >= 4 is 121 Å². The molecule has 0 saturated heterocycles. The van der Waals surface area contributed by atoms with E-state index in [2.05, 4.69) is 484 Å². The third-order valence-electron chi connectivity index (χ3n) is 27.5. The Balaban J connectivity index is 0.000000110. The zero-order valence-electron chi connectivity index (χ0n) is 74.0. The van der Waals surface area contributed by atoms with Crippen LogP contribution in [0.2, 0.25) is 39.3 Å². The third-order valence-corrected chi connectivity index (χ3v) is 37.5. The van der Waals surface area contributed by atoms with Gasteiger partial charge in [-0.15, -0.1) is 0 Å². The van der Waals surface area contributed by atoms with Crippen LogP contribution < -0.4 is 31.5 Å². The lowest BCUT2D eigenvalue weighted by Gasteiger charge is -2.19. The molecular weight excluding hydrogens is 1650 g/mol. The highest BCUT2D eigenvalue weighted by atomic mass is 28.3. The van der Waals surface area contributed by atoms with Gasteiger partial charge in [-0.05, 0) is 170 Å². The number of fused-ring (bicyclic) bond motifs is 18. The topological polar surface area (TPSA) is 92.1 Å². The van der Waals surface area contributed by atoms with Gasteiger partial charge in [0, 0.05) is 115 Å². The second-order valence-electron chi connectivity index (χ2n) is 36.4. The minimum atomic E-state index is -2.08. The van der Waals surface area contributed by atoms with E-state index in [-0.39, 0.29) is 0 Å². The number of aromatic nitrogens is 9. The van der Waals surface area contributed by atoms with Crippen molar-refractivity contribution in [3.8, 4) is 141 Å². The van der Waals surface area contributed by atoms with E-state index in [1.807, 2.05) is 0 Å². The molecule has 0 bridgehead atoms. The number of para-hydroxylation sites is 6. The second kappa shape index (κ2) is 31.8. The summed E-state index contributed by atoms with van der Waals surface area (Å²) >= 11 is 0. The molecule has 0 unspecified atom stereocenters. The SMILES string of the molecule is C[Si]1(C)c2ccccc2-c2c(-c3ccc(-c4ccccc4)cc3)nc(-c3ccc4c(c3)c3ccccc3n4-c3ccccc3)nc21.C[Si]1(C)c2ccccc2-c2c(-c3cccc(-c4ccccc4)c3)nc(-c3ccc4c(c3)c3ccccc3n4-c3ccccc3)nc21.C[Si]1(C)c2ccccc2-c2c(-c3ccccc3)nc(-c3ccc4c(c3)c3ccccc3n4-c3ccccc3)nc21. The summed E-state index contributed by atoms with van der Waals surface area (Å²) in [5, 5.41) is 15.3. The predicted octanol–water partition coefficient (Wildman–Crippen LogP) is 26.5. The summed E-state index contributed by atoms with van der Waals surface area (Å²) in [5.41, 5.74) is 32.4. The molecular formula is C120H89N9Si3. The Hall–Kier alpha value is -16.0. The van der Waals surface area contributed by atoms with Crippen LogP contribution in [-0.4, -0.2) is 67.8 Å². The monoisotopic (exact) mass is 1740 g/mol. The summed E-state index contributed by atoms with van der Waals surface area (Å²) in [6, 6.07) is 154. The van der Waals surface area contributed by atoms with Crippen LogP contribution in [0.25, 0.3) is 206 Å². The van der Waals surface area contributed by atoms with Crippen LogP contribution in [0.3, 0.4) is 0 Å². The molecule has 0 saturated carbocycles. The van der Waals surface area contributed by atoms with Gasteiger partial charge in [-0.25, -0.2) is 29.9 Å². The fourth-order valence-corrected chi connectivity index (χ4v) is 29.8. The molecule has 9 heterocycles. The van der Waals surface area contributed by atoms with Crippen molar-refractivity contribution in [2.24, 2.45) is 0 Å². The van der Waals surface area contributed by atoms with Crippen molar-refractivity contribution in [1.29, 1.82) is 0 Å². The fraction of sp³-hybridized carbons (Fsp3) is 0.0500. The number of hydrogen-bond acceptors (Lipinski definition) is 6. The quantitative estimate of drug-likeness (QED) is 0.120. The molecule has 23 aromatic rings. The lowest BCUT2D eigenvalue weighted by Crippen LogP contribution is -2.50. The molecule has 0 N–H and O–H groups in total. The molecule has 6 aromatic heterocycles. The summed E-state index contributed by atoms with van der Waals surface area (Å²) in [4.78, 5) is 32.4. The molecule has 0 atom stereocenters. The van der Waals surface area contributed by atoms with Gasteiger partial charge >= 0.3 is 0 Å². The van der Waals surface area contributed by atoms with Gasteiger partial charge in [-0.1, -0.05) is 355 Å². The highest BCUT2D eigenvalue weighted by molar-refractivity contribution is 7.04. The van der Waals surface area contributed by atoms with Crippen LogP contribution in [-0.2, 0) is 0 Å². The Labute approximate surface area is 769 Å². The van der Waals surface area contributed by atoms with Crippen LogP contribution in [0.5, 0.6) is 0 Å². The first-order valence-corrected chi connectivity index (χ1v) is 54.5. The van der Waals surface area contributed by atoms with Gasteiger partial charge in [0.05, 0.1) is 50.2 Å². The number of rotatable bonds is 11. The van der Waals surface area contributed by atoms with Gasteiger partial charge in [0.15, 0.2) is 17.5 Å².